The van der Waals surface area contributed by atoms with E-state index in [4.69, 9.17) is 21.6 Å². The second kappa shape index (κ2) is 6.66. The van der Waals surface area contributed by atoms with Crippen molar-refractivity contribution >= 4 is 22.6 Å². The molecule has 2 aromatic rings. The number of aromatic nitrogens is 1. The lowest BCUT2D eigenvalue weighted by Crippen LogP contribution is -2.51. The Labute approximate surface area is 160 Å². The predicted molar refractivity (Wildman–Crippen MR) is 101 cm³/mol. The zero-order valence-corrected chi connectivity index (χ0v) is 15.8. The van der Waals surface area contributed by atoms with Crippen LogP contribution in [0.2, 0.25) is 0 Å². The zero-order chi connectivity index (χ0) is 19.2. The molecule has 0 amide bonds. The van der Waals surface area contributed by atoms with Gasteiger partial charge in [0.15, 0.2) is 16.6 Å². The molecule has 3 heterocycles. The standard InChI is InChI=1S/C19H19FN4O2S/c1-10-6-17(26-24-10)16-8-13-11(2)27-18(21)23-19(13,9-25-16)14-7-12(22-3)4-5-15(14)20/h4-7,11,13,16H,8-9H2,1-2H3,(H2,21,23)/t11-,13+,16-,19+/m1/s1. The molecule has 0 unspecified atom stereocenters. The number of amidine groups is 1. The van der Waals surface area contributed by atoms with Crippen molar-refractivity contribution in [3.63, 3.8) is 0 Å². The lowest BCUT2D eigenvalue weighted by atomic mass is 9.72. The van der Waals surface area contributed by atoms with Crippen molar-refractivity contribution in [3.8, 4) is 0 Å². The summed E-state index contributed by atoms with van der Waals surface area (Å²) in [4.78, 5) is 8.11. The average Bonchev–Trinajstić information content (AvgIpc) is 3.08. The van der Waals surface area contributed by atoms with Gasteiger partial charge in [-0.1, -0.05) is 29.9 Å². The summed E-state index contributed by atoms with van der Waals surface area (Å²) in [6.07, 6.45) is 0.329. The third-order valence-corrected chi connectivity index (χ3v) is 6.31. The molecule has 4 atom stereocenters. The summed E-state index contributed by atoms with van der Waals surface area (Å²) in [5.74, 6) is 0.228. The van der Waals surface area contributed by atoms with Crippen molar-refractivity contribution in [1.29, 1.82) is 0 Å². The van der Waals surface area contributed by atoms with E-state index >= 15 is 0 Å². The summed E-state index contributed by atoms with van der Waals surface area (Å²) in [5.41, 5.74) is 6.64. The number of thioether (sulfide) groups is 1. The van der Waals surface area contributed by atoms with Gasteiger partial charge >= 0.3 is 0 Å². The molecule has 140 valence electrons. The van der Waals surface area contributed by atoms with Crippen LogP contribution in [-0.2, 0) is 10.3 Å². The fourth-order valence-electron chi connectivity index (χ4n) is 4.00. The smallest absolute Gasteiger partial charge is 0.187 e. The lowest BCUT2D eigenvalue weighted by molar-refractivity contribution is -0.0744. The van der Waals surface area contributed by atoms with Crippen molar-refractivity contribution in [2.45, 2.75) is 37.2 Å². The van der Waals surface area contributed by atoms with E-state index in [2.05, 4.69) is 21.9 Å². The van der Waals surface area contributed by atoms with Crippen LogP contribution >= 0.6 is 11.8 Å². The first-order chi connectivity index (χ1) is 12.9. The molecule has 2 aliphatic heterocycles. The predicted octanol–water partition coefficient (Wildman–Crippen LogP) is 4.10. The van der Waals surface area contributed by atoms with E-state index in [0.29, 0.717) is 28.6 Å². The first-order valence-electron chi connectivity index (χ1n) is 8.67. The molecule has 6 nitrogen and oxygen atoms in total. The molecule has 0 spiro atoms. The van der Waals surface area contributed by atoms with Crippen LogP contribution in [0.15, 0.2) is 33.8 Å². The van der Waals surface area contributed by atoms with E-state index in [1.807, 2.05) is 13.0 Å². The molecule has 1 fully saturated rings. The maximum absolute atomic E-state index is 14.8. The lowest BCUT2D eigenvalue weighted by Gasteiger charge is -2.48. The SMILES string of the molecule is [C-]#[N+]c1ccc(F)c([C@]23CO[C@@H](c4cc(C)no4)C[C@H]2[C@@H](C)SC(N)=N3)c1. The highest BCUT2D eigenvalue weighted by molar-refractivity contribution is 8.14. The first-order valence-corrected chi connectivity index (χ1v) is 9.55. The number of nitrogens with two attached hydrogens (primary N) is 1. The summed E-state index contributed by atoms with van der Waals surface area (Å²) < 4.78 is 26.3. The number of nitrogens with zero attached hydrogens (tertiary/aromatic N) is 3. The molecular formula is C19H19FN4O2S. The van der Waals surface area contributed by atoms with E-state index in [9.17, 15) is 4.39 Å². The van der Waals surface area contributed by atoms with E-state index in [0.717, 1.165) is 5.69 Å². The van der Waals surface area contributed by atoms with E-state index < -0.39 is 11.4 Å². The van der Waals surface area contributed by atoms with E-state index in [1.54, 1.807) is 6.07 Å². The van der Waals surface area contributed by atoms with Crippen molar-refractivity contribution in [1.82, 2.24) is 5.16 Å². The fourth-order valence-corrected chi connectivity index (χ4v) is 5.10. The van der Waals surface area contributed by atoms with Crippen LogP contribution in [0.4, 0.5) is 10.1 Å². The van der Waals surface area contributed by atoms with Gasteiger partial charge in [0.1, 0.15) is 17.5 Å². The number of hydrogen-bond acceptors (Lipinski definition) is 6. The minimum Gasteiger partial charge on any atom is -0.379 e. The summed E-state index contributed by atoms with van der Waals surface area (Å²) in [6, 6.07) is 6.21. The van der Waals surface area contributed by atoms with Crippen molar-refractivity contribution in [2.75, 3.05) is 6.61 Å². The van der Waals surface area contributed by atoms with Crippen LogP contribution in [-0.4, -0.2) is 22.2 Å². The number of aryl methyl sites for hydroxylation is 1. The topological polar surface area (TPSA) is 78.0 Å². The van der Waals surface area contributed by atoms with Gasteiger partial charge in [0, 0.05) is 22.8 Å². The molecule has 1 aromatic carbocycles. The summed E-state index contributed by atoms with van der Waals surface area (Å²) in [6.45, 7) is 11.3. The largest absolute Gasteiger partial charge is 0.379 e. The van der Waals surface area contributed by atoms with Gasteiger partial charge in [0.25, 0.3) is 0 Å². The Hall–Kier alpha value is -2.37. The summed E-state index contributed by atoms with van der Waals surface area (Å²) in [7, 11) is 0. The number of fused-ring (bicyclic) bond motifs is 1. The van der Waals surface area contributed by atoms with Crippen LogP contribution in [0.1, 0.15) is 36.5 Å². The number of ether oxygens (including phenoxy) is 1. The van der Waals surface area contributed by atoms with Crippen LogP contribution in [0, 0.1) is 25.2 Å². The number of benzene rings is 1. The van der Waals surface area contributed by atoms with Crippen molar-refractivity contribution in [3.05, 3.63) is 58.5 Å². The van der Waals surface area contributed by atoms with Gasteiger partial charge in [0.05, 0.1) is 18.9 Å². The van der Waals surface area contributed by atoms with Gasteiger partial charge in [-0.2, -0.15) is 0 Å². The minimum absolute atomic E-state index is 0.0329. The van der Waals surface area contributed by atoms with E-state index in [1.165, 1.54) is 23.9 Å². The van der Waals surface area contributed by atoms with Gasteiger partial charge in [-0.05, 0) is 25.5 Å². The molecule has 0 radical (unpaired) electrons. The van der Waals surface area contributed by atoms with Crippen LogP contribution in [0.3, 0.4) is 0 Å². The van der Waals surface area contributed by atoms with Crippen LogP contribution in [0.5, 0.6) is 0 Å². The zero-order valence-electron chi connectivity index (χ0n) is 15.0. The van der Waals surface area contributed by atoms with Crippen LogP contribution < -0.4 is 5.73 Å². The summed E-state index contributed by atoms with van der Waals surface area (Å²) in [5, 5.41) is 4.45. The van der Waals surface area contributed by atoms with Gasteiger partial charge in [0.2, 0.25) is 0 Å². The molecule has 2 aliphatic rings. The molecule has 0 saturated carbocycles. The Kier molecular flexibility index (Phi) is 4.44. The Morgan fingerprint density at radius 1 is 1.41 bits per heavy atom. The molecule has 1 aromatic heterocycles. The number of rotatable bonds is 2. The average molecular weight is 386 g/mol. The van der Waals surface area contributed by atoms with Crippen molar-refractivity contribution < 1.29 is 13.7 Å². The molecular weight excluding hydrogens is 367 g/mol. The number of hydrogen-bond donors (Lipinski definition) is 1. The molecule has 27 heavy (non-hydrogen) atoms. The van der Waals surface area contributed by atoms with E-state index in [-0.39, 0.29) is 23.9 Å². The molecule has 0 aliphatic carbocycles. The quantitative estimate of drug-likeness (QED) is 0.787. The normalized spacial score (nSPS) is 30.3. The second-order valence-corrected chi connectivity index (χ2v) is 8.38. The third kappa shape index (κ3) is 3.01. The number of halogens is 1. The highest BCUT2D eigenvalue weighted by Gasteiger charge is 2.52. The second-order valence-electron chi connectivity index (χ2n) is 6.99. The monoisotopic (exact) mass is 386 g/mol. The van der Waals surface area contributed by atoms with Gasteiger partial charge < -0.3 is 15.0 Å². The minimum atomic E-state index is -0.953. The van der Waals surface area contributed by atoms with Gasteiger partial charge in [-0.3, -0.25) is 0 Å². The van der Waals surface area contributed by atoms with Crippen LogP contribution in [0.25, 0.3) is 4.85 Å². The Morgan fingerprint density at radius 2 is 2.22 bits per heavy atom. The highest BCUT2D eigenvalue weighted by Crippen LogP contribution is 2.52. The maximum Gasteiger partial charge on any atom is 0.187 e. The number of aliphatic imine (C=N–C) groups is 1. The maximum atomic E-state index is 14.8. The molecule has 4 rings (SSSR count). The molecule has 0 bridgehead atoms. The van der Waals surface area contributed by atoms with Gasteiger partial charge in [-0.25, -0.2) is 14.2 Å². The first kappa shape index (κ1) is 18.0. The fraction of sp³-hybridized carbons (Fsp3) is 0.421. The van der Waals surface area contributed by atoms with Gasteiger partial charge in [-0.15, -0.1) is 0 Å². The molecule has 1 saturated heterocycles. The Balaban J connectivity index is 1.80. The Bertz CT molecular complexity index is 953. The third-order valence-electron chi connectivity index (χ3n) is 5.28. The molecule has 8 heteroatoms. The highest BCUT2D eigenvalue weighted by atomic mass is 32.2. The summed E-state index contributed by atoms with van der Waals surface area (Å²) >= 11 is 1.48. The van der Waals surface area contributed by atoms with Crippen molar-refractivity contribution in [2.24, 2.45) is 16.6 Å². The Morgan fingerprint density at radius 3 is 2.93 bits per heavy atom. The molecule has 2 N–H and O–H groups in total.